The van der Waals surface area contributed by atoms with E-state index < -0.39 is 17.9 Å². The highest BCUT2D eigenvalue weighted by Gasteiger charge is 2.17. The molecule has 0 spiro atoms. The summed E-state index contributed by atoms with van der Waals surface area (Å²) >= 11 is 0. The van der Waals surface area contributed by atoms with Gasteiger partial charge in [0, 0.05) is 5.69 Å². The van der Waals surface area contributed by atoms with E-state index in [-0.39, 0.29) is 5.69 Å². The topological polar surface area (TPSA) is 80.3 Å². The summed E-state index contributed by atoms with van der Waals surface area (Å²) in [5.74, 6) is -0.285. The molecule has 2 aromatic rings. The molecule has 1 atom stereocenters. The second-order valence-electron chi connectivity index (χ2n) is 5.57. The normalized spacial score (nSPS) is 11.5. The molecule has 1 aromatic carbocycles. The maximum absolute atomic E-state index is 12.1. The zero-order valence-electron chi connectivity index (χ0n) is 14.2. The van der Waals surface area contributed by atoms with E-state index in [4.69, 9.17) is 4.74 Å². The van der Waals surface area contributed by atoms with Crippen molar-refractivity contribution in [3.63, 3.8) is 0 Å². The molecule has 0 aliphatic heterocycles. The third-order valence-electron chi connectivity index (χ3n) is 3.65. The number of hydrazine groups is 1. The first-order valence-corrected chi connectivity index (χ1v) is 7.65. The third-order valence-corrected chi connectivity index (χ3v) is 3.65. The number of carbonyl (C=O) groups is 2. The Morgan fingerprint density at radius 3 is 2.46 bits per heavy atom. The Balaban J connectivity index is 1.92. The first-order chi connectivity index (χ1) is 11.4. The van der Waals surface area contributed by atoms with Crippen LogP contribution < -0.4 is 15.6 Å². The second-order valence-corrected chi connectivity index (χ2v) is 5.57. The maximum Gasteiger partial charge on any atom is 0.288 e. The monoisotopic (exact) mass is 327 g/mol. The first kappa shape index (κ1) is 17.5. The van der Waals surface area contributed by atoms with E-state index in [0.717, 1.165) is 16.8 Å². The van der Waals surface area contributed by atoms with Gasteiger partial charge in [0.25, 0.3) is 11.8 Å². The molecular weight excluding hydrogens is 306 g/mol. The number of nitrogens with zero attached hydrogens (tertiary/aromatic N) is 1. The number of rotatable bonds is 4. The molecule has 2 amide bonds. The highest BCUT2D eigenvalue weighted by molar-refractivity contribution is 5.94. The minimum absolute atomic E-state index is 0.235. The Morgan fingerprint density at radius 2 is 1.75 bits per heavy atom. The van der Waals surface area contributed by atoms with Gasteiger partial charge in [-0.25, -0.2) is 4.98 Å². The van der Waals surface area contributed by atoms with Crippen molar-refractivity contribution in [2.75, 3.05) is 0 Å². The van der Waals surface area contributed by atoms with Gasteiger partial charge < -0.3 is 4.74 Å². The first-order valence-electron chi connectivity index (χ1n) is 7.65. The number of hydrogen-bond acceptors (Lipinski definition) is 4. The van der Waals surface area contributed by atoms with Crippen LogP contribution in [-0.4, -0.2) is 22.9 Å². The van der Waals surface area contributed by atoms with Crippen molar-refractivity contribution < 1.29 is 14.3 Å². The van der Waals surface area contributed by atoms with Crippen molar-refractivity contribution in [1.29, 1.82) is 0 Å². The summed E-state index contributed by atoms with van der Waals surface area (Å²) in [4.78, 5) is 28.1. The summed E-state index contributed by atoms with van der Waals surface area (Å²) in [6.07, 6.45) is -0.753. The number of carbonyl (C=O) groups excluding carboxylic acids is 2. The Hall–Kier alpha value is -2.89. The largest absolute Gasteiger partial charge is 0.481 e. The fourth-order valence-electron chi connectivity index (χ4n) is 2.05. The highest BCUT2D eigenvalue weighted by atomic mass is 16.5. The predicted octanol–water partition coefficient (Wildman–Crippen LogP) is 2.24. The summed E-state index contributed by atoms with van der Waals surface area (Å²) in [5.41, 5.74) is 7.71. The van der Waals surface area contributed by atoms with Gasteiger partial charge in [-0.15, -0.1) is 0 Å². The molecule has 126 valence electrons. The Kier molecular flexibility index (Phi) is 5.52. The van der Waals surface area contributed by atoms with Crippen molar-refractivity contribution in [3.8, 4) is 5.75 Å². The Morgan fingerprint density at radius 1 is 1.04 bits per heavy atom. The molecule has 0 aliphatic rings. The lowest BCUT2D eigenvalue weighted by Crippen LogP contribution is -2.47. The van der Waals surface area contributed by atoms with E-state index in [1.54, 1.807) is 38.1 Å². The molecule has 0 saturated heterocycles. The van der Waals surface area contributed by atoms with Crippen molar-refractivity contribution in [2.45, 2.75) is 33.8 Å². The van der Waals surface area contributed by atoms with E-state index in [1.165, 1.54) is 0 Å². The van der Waals surface area contributed by atoms with Crippen LogP contribution in [0.15, 0.2) is 36.4 Å². The van der Waals surface area contributed by atoms with Crippen LogP contribution in [0.25, 0.3) is 0 Å². The van der Waals surface area contributed by atoms with Crippen molar-refractivity contribution in [2.24, 2.45) is 0 Å². The van der Waals surface area contributed by atoms with Crippen LogP contribution in [0.4, 0.5) is 0 Å². The molecule has 1 aromatic heterocycles. The van der Waals surface area contributed by atoms with Gasteiger partial charge in [-0.05, 0) is 57.0 Å². The summed E-state index contributed by atoms with van der Waals surface area (Å²) in [5, 5.41) is 0. The maximum atomic E-state index is 12.1. The van der Waals surface area contributed by atoms with Crippen molar-refractivity contribution in [1.82, 2.24) is 15.8 Å². The molecule has 1 unspecified atom stereocenters. The molecule has 0 aliphatic carbocycles. The minimum atomic E-state index is -0.753. The van der Waals surface area contributed by atoms with Crippen LogP contribution >= 0.6 is 0 Å². The number of hydrogen-bond donors (Lipinski definition) is 2. The van der Waals surface area contributed by atoms with Gasteiger partial charge in [-0.2, -0.15) is 0 Å². The second kappa shape index (κ2) is 7.59. The molecule has 2 N–H and O–H groups in total. The SMILES string of the molecule is Cc1cccc(C(=O)NNC(=O)C(C)Oc2cccc(C)c2C)n1. The van der Waals surface area contributed by atoms with E-state index in [2.05, 4.69) is 15.8 Å². The number of benzene rings is 1. The minimum Gasteiger partial charge on any atom is -0.481 e. The van der Waals surface area contributed by atoms with Gasteiger partial charge in [0.1, 0.15) is 11.4 Å². The summed E-state index contributed by atoms with van der Waals surface area (Å²) in [7, 11) is 0. The lowest BCUT2D eigenvalue weighted by atomic mass is 10.1. The number of nitrogens with one attached hydrogen (secondary N) is 2. The average Bonchev–Trinajstić information content (AvgIpc) is 2.56. The van der Waals surface area contributed by atoms with Crippen LogP contribution in [0.3, 0.4) is 0 Å². The quantitative estimate of drug-likeness (QED) is 0.844. The molecule has 0 fully saturated rings. The van der Waals surface area contributed by atoms with Crippen LogP contribution in [0.5, 0.6) is 5.75 Å². The number of aromatic nitrogens is 1. The highest BCUT2D eigenvalue weighted by Crippen LogP contribution is 2.21. The van der Waals surface area contributed by atoms with Gasteiger partial charge in [-0.1, -0.05) is 18.2 Å². The summed E-state index contributed by atoms with van der Waals surface area (Å²) in [6, 6.07) is 10.7. The van der Waals surface area contributed by atoms with Crippen LogP contribution in [0.2, 0.25) is 0 Å². The molecule has 24 heavy (non-hydrogen) atoms. The van der Waals surface area contributed by atoms with Crippen LogP contribution in [0, 0.1) is 20.8 Å². The van der Waals surface area contributed by atoms with Gasteiger partial charge >= 0.3 is 0 Å². The van der Waals surface area contributed by atoms with E-state index >= 15 is 0 Å². The van der Waals surface area contributed by atoms with Crippen molar-refractivity contribution in [3.05, 3.63) is 58.9 Å². The molecule has 0 radical (unpaired) electrons. The molecular formula is C18H21N3O3. The molecule has 1 heterocycles. The van der Waals surface area contributed by atoms with Crippen LogP contribution in [0.1, 0.15) is 34.2 Å². The summed E-state index contributed by atoms with van der Waals surface area (Å²) in [6.45, 7) is 7.31. The standard InChI is InChI=1S/C18H21N3O3/c1-11-7-5-10-16(13(11)3)24-14(4)17(22)20-21-18(23)15-9-6-8-12(2)19-15/h5-10,14H,1-4H3,(H,20,22)(H,21,23). The molecule has 2 rings (SSSR count). The third kappa shape index (κ3) is 4.32. The molecule has 6 heteroatoms. The van der Waals surface area contributed by atoms with E-state index in [9.17, 15) is 9.59 Å². The fourth-order valence-corrected chi connectivity index (χ4v) is 2.05. The number of aryl methyl sites for hydroxylation is 2. The van der Waals surface area contributed by atoms with Crippen LogP contribution in [-0.2, 0) is 4.79 Å². The van der Waals surface area contributed by atoms with Gasteiger partial charge in [-0.3, -0.25) is 20.4 Å². The van der Waals surface area contributed by atoms with Gasteiger partial charge in [0.05, 0.1) is 0 Å². The lowest BCUT2D eigenvalue weighted by Gasteiger charge is -2.17. The molecule has 6 nitrogen and oxygen atoms in total. The molecule has 0 saturated carbocycles. The van der Waals surface area contributed by atoms with E-state index in [1.807, 2.05) is 26.0 Å². The molecule has 0 bridgehead atoms. The zero-order chi connectivity index (χ0) is 17.7. The predicted molar refractivity (Wildman–Crippen MR) is 90.6 cm³/mol. The lowest BCUT2D eigenvalue weighted by molar-refractivity contribution is -0.128. The zero-order valence-corrected chi connectivity index (χ0v) is 14.2. The average molecular weight is 327 g/mol. The number of amides is 2. The Bertz CT molecular complexity index is 759. The van der Waals surface area contributed by atoms with Crippen molar-refractivity contribution >= 4 is 11.8 Å². The van der Waals surface area contributed by atoms with Gasteiger partial charge in [0.2, 0.25) is 0 Å². The number of ether oxygens (including phenoxy) is 1. The van der Waals surface area contributed by atoms with Gasteiger partial charge in [0.15, 0.2) is 6.10 Å². The number of pyridine rings is 1. The fraction of sp³-hybridized carbons (Fsp3) is 0.278. The van der Waals surface area contributed by atoms with E-state index in [0.29, 0.717) is 5.75 Å². The Labute approximate surface area is 141 Å². The smallest absolute Gasteiger partial charge is 0.288 e. The summed E-state index contributed by atoms with van der Waals surface area (Å²) < 4.78 is 5.67.